The maximum absolute atomic E-state index is 12.3. The van der Waals surface area contributed by atoms with E-state index in [4.69, 9.17) is 0 Å². The van der Waals surface area contributed by atoms with Crippen molar-refractivity contribution in [1.82, 2.24) is 4.31 Å². The van der Waals surface area contributed by atoms with Crippen LogP contribution in [0.2, 0.25) is 0 Å². The molecule has 0 saturated carbocycles. The van der Waals surface area contributed by atoms with Crippen LogP contribution in [0.5, 0.6) is 0 Å². The van der Waals surface area contributed by atoms with Crippen LogP contribution in [0, 0.1) is 0 Å². The SMILES string of the molecule is CC.CC.CCCN(C)Sc1ccc(C(F)(F)F)cc1. The van der Waals surface area contributed by atoms with Crippen molar-refractivity contribution in [3.63, 3.8) is 0 Å². The molecule has 0 amide bonds. The third-order valence-electron chi connectivity index (χ3n) is 1.98. The Labute approximate surface area is 125 Å². The fourth-order valence-electron chi connectivity index (χ4n) is 1.25. The summed E-state index contributed by atoms with van der Waals surface area (Å²) < 4.78 is 38.9. The fourth-order valence-corrected chi connectivity index (χ4v) is 2.14. The second-order valence-corrected chi connectivity index (χ2v) is 4.74. The molecular weight excluding hydrogens is 283 g/mol. The van der Waals surface area contributed by atoms with Gasteiger partial charge in [-0.1, -0.05) is 34.6 Å². The van der Waals surface area contributed by atoms with Gasteiger partial charge >= 0.3 is 6.18 Å². The van der Waals surface area contributed by atoms with Crippen LogP contribution in [0.3, 0.4) is 0 Å². The van der Waals surface area contributed by atoms with Gasteiger partial charge in [-0.05, 0) is 49.7 Å². The van der Waals surface area contributed by atoms with Crippen LogP contribution in [0.15, 0.2) is 29.2 Å². The summed E-state index contributed by atoms with van der Waals surface area (Å²) in [5.41, 5.74) is -0.602. The minimum absolute atomic E-state index is 0.602. The molecule has 0 atom stereocenters. The lowest BCUT2D eigenvalue weighted by atomic mass is 10.2. The molecule has 0 aliphatic heterocycles. The van der Waals surface area contributed by atoms with E-state index in [2.05, 4.69) is 6.92 Å². The van der Waals surface area contributed by atoms with Gasteiger partial charge in [0.15, 0.2) is 0 Å². The molecule has 1 rings (SSSR count). The van der Waals surface area contributed by atoms with Gasteiger partial charge in [-0.3, -0.25) is 0 Å². The largest absolute Gasteiger partial charge is 0.416 e. The van der Waals surface area contributed by atoms with E-state index in [1.165, 1.54) is 24.1 Å². The van der Waals surface area contributed by atoms with Crippen molar-refractivity contribution >= 4 is 11.9 Å². The number of hydrogen-bond donors (Lipinski definition) is 0. The number of benzene rings is 1. The highest BCUT2D eigenvalue weighted by atomic mass is 32.2. The molecule has 0 fully saturated rings. The molecule has 0 saturated heterocycles. The Kier molecular flexibility index (Phi) is 13.1. The van der Waals surface area contributed by atoms with Crippen LogP contribution >= 0.6 is 11.9 Å². The number of halogens is 3. The molecule has 0 aliphatic carbocycles. The maximum Gasteiger partial charge on any atom is 0.416 e. The number of hydrogen-bond acceptors (Lipinski definition) is 2. The second-order valence-electron chi connectivity index (χ2n) is 3.46. The lowest BCUT2D eigenvalue weighted by Gasteiger charge is -2.14. The molecule has 0 aromatic heterocycles. The molecule has 1 nitrogen and oxygen atoms in total. The monoisotopic (exact) mass is 309 g/mol. The lowest BCUT2D eigenvalue weighted by molar-refractivity contribution is -0.137. The molecule has 118 valence electrons. The van der Waals surface area contributed by atoms with Gasteiger partial charge in [-0.25, -0.2) is 4.31 Å². The first-order chi connectivity index (χ1) is 9.43. The highest BCUT2D eigenvalue weighted by Crippen LogP contribution is 2.31. The van der Waals surface area contributed by atoms with E-state index >= 15 is 0 Å². The van der Waals surface area contributed by atoms with E-state index in [-0.39, 0.29) is 0 Å². The fraction of sp³-hybridized carbons (Fsp3) is 0.600. The minimum atomic E-state index is -4.25. The van der Waals surface area contributed by atoms with Gasteiger partial charge < -0.3 is 0 Å². The van der Waals surface area contributed by atoms with Crippen molar-refractivity contribution in [2.24, 2.45) is 0 Å². The van der Waals surface area contributed by atoms with Crippen LogP contribution < -0.4 is 0 Å². The topological polar surface area (TPSA) is 3.24 Å². The molecule has 0 N–H and O–H groups in total. The summed E-state index contributed by atoms with van der Waals surface area (Å²) in [5, 5.41) is 0. The Hall–Kier alpha value is -0.680. The molecule has 0 aliphatic rings. The normalized spacial score (nSPS) is 10.3. The van der Waals surface area contributed by atoms with Gasteiger partial charge in [0.1, 0.15) is 0 Å². The molecule has 0 radical (unpaired) electrons. The van der Waals surface area contributed by atoms with E-state index in [9.17, 15) is 13.2 Å². The standard InChI is InChI=1S/C11H14F3NS.2C2H6/c1-3-8-15(2)16-10-6-4-9(5-7-10)11(12,13)14;2*1-2/h4-7H,3,8H2,1-2H3;2*1-2H3. The summed E-state index contributed by atoms with van der Waals surface area (Å²) in [6.45, 7) is 11.0. The maximum atomic E-state index is 12.3. The minimum Gasteiger partial charge on any atom is -0.249 e. The van der Waals surface area contributed by atoms with E-state index in [0.29, 0.717) is 0 Å². The molecule has 0 bridgehead atoms. The molecule has 1 aromatic rings. The average molecular weight is 309 g/mol. The summed E-state index contributed by atoms with van der Waals surface area (Å²) in [6, 6.07) is 5.23. The first kappa shape index (κ1) is 21.6. The van der Waals surface area contributed by atoms with Gasteiger partial charge in [-0.15, -0.1) is 0 Å². The zero-order chi connectivity index (χ0) is 16.2. The molecule has 0 heterocycles. The summed E-state index contributed by atoms with van der Waals surface area (Å²) in [4.78, 5) is 0.823. The van der Waals surface area contributed by atoms with Crippen molar-refractivity contribution in [2.75, 3.05) is 13.6 Å². The van der Waals surface area contributed by atoms with Gasteiger partial charge in [0.25, 0.3) is 0 Å². The molecule has 5 heteroatoms. The van der Waals surface area contributed by atoms with Gasteiger partial charge in [0.05, 0.1) is 5.56 Å². The zero-order valence-electron chi connectivity index (χ0n) is 13.2. The summed E-state index contributed by atoms with van der Waals surface area (Å²) in [7, 11) is 1.92. The lowest BCUT2D eigenvalue weighted by Crippen LogP contribution is -2.09. The Morgan fingerprint density at radius 2 is 1.45 bits per heavy atom. The number of rotatable bonds is 4. The Morgan fingerprint density at radius 3 is 1.80 bits per heavy atom. The van der Waals surface area contributed by atoms with Crippen molar-refractivity contribution in [3.8, 4) is 0 Å². The molecule has 1 aromatic carbocycles. The van der Waals surface area contributed by atoms with Crippen LogP contribution in [0.4, 0.5) is 13.2 Å². The average Bonchev–Trinajstić information content (AvgIpc) is 2.43. The van der Waals surface area contributed by atoms with Crippen LogP contribution in [-0.2, 0) is 6.18 Å². The van der Waals surface area contributed by atoms with Gasteiger partial charge in [-0.2, -0.15) is 13.2 Å². The Balaban J connectivity index is 0. The van der Waals surface area contributed by atoms with E-state index < -0.39 is 11.7 Å². The van der Waals surface area contributed by atoms with E-state index in [1.807, 2.05) is 39.0 Å². The van der Waals surface area contributed by atoms with Crippen molar-refractivity contribution in [2.45, 2.75) is 52.1 Å². The zero-order valence-corrected chi connectivity index (χ0v) is 14.0. The third-order valence-corrected chi connectivity index (χ3v) is 2.96. The summed E-state index contributed by atoms with van der Waals surface area (Å²) in [6.07, 6.45) is -3.23. The Morgan fingerprint density at radius 1 is 1.00 bits per heavy atom. The first-order valence-electron chi connectivity index (χ1n) is 7.00. The van der Waals surface area contributed by atoms with Crippen LogP contribution in [0.1, 0.15) is 46.6 Å². The quantitative estimate of drug-likeness (QED) is 0.618. The molecular formula is C15H26F3NS. The summed E-state index contributed by atoms with van der Waals surface area (Å²) >= 11 is 1.45. The van der Waals surface area contributed by atoms with Crippen molar-refractivity contribution in [3.05, 3.63) is 29.8 Å². The predicted octanol–water partition coefficient (Wildman–Crippen LogP) is 6.11. The molecule has 20 heavy (non-hydrogen) atoms. The first-order valence-corrected chi connectivity index (χ1v) is 7.77. The summed E-state index contributed by atoms with van der Waals surface area (Å²) in [5.74, 6) is 0. The van der Waals surface area contributed by atoms with Gasteiger partial charge in [0.2, 0.25) is 0 Å². The number of alkyl halides is 3. The van der Waals surface area contributed by atoms with Crippen LogP contribution in [0.25, 0.3) is 0 Å². The van der Waals surface area contributed by atoms with Crippen LogP contribution in [-0.4, -0.2) is 17.9 Å². The smallest absolute Gasteiger partial charge is 0.249 e. The highest BCUT2D eigenvalue weighted by Gasteiger charge is 2.29. The third kappa shape index (κ3) is 9.26. The van der Waals surface area contributed by atoms with E-state index in [0.717, 1.165) is 30.0 Å². The number of nitrogens with zero attached hydrogens (tertiary/aromatic N) is 1. The Bertz CT molecular complexity index is 323. The van der Waals surface area contributed by atoms with Crippen molar-refractivity contribution < 1.29 is 13.2 Å². The van der Waals surface area contributed by atoms with Crippen molar-refractivity contribution in [1.29, 1.82) is 0 Å². The second kappa shape index (κ2) is 12.1. The molecule has 0 unspecified atom stereocenters. The van der Waals surface area contributed by atoms with Gasteiger partial charge in [0, 0.05) is 11.4 Å². The highest BCUT2D eigenvalue weighted by molar-refractivity contribution is 7.97. The van der Waals surface area contributed by atoms with E-state index in [1.54, 1.807) is 0 Å². The predicted molar refractivity (Wildman–Crippen MR) is 82.9 cm³/mol. The molecule has 0 spiro atoms.